The fourth-order valence-corrected chi connectivity index (χ4v) is 3.02. The Kier molecular flexibility index (Phi) is 4.21. The van der Waals surface area contributed by atoms with Crippen LogP contribution in [0.15, 0.2) is 24.3 Å². The van der Waals surface area contributed by atoms with Crippen molar-refractivity contribution < 1.29 is 9.53 Å². The van der Waals surface area contributed by atoms with Crippen molar-refractivity contribution in [1.29, 1.82) is 0 Å². The zero-order valence-corrected chi connectivity index (χ0v) is 12.5. The zero-order chi connectivity index (χ0) is 14.8. The van der Waals surface area contributed by atoms with Gasteiger partial charge in [-0.2, -0.15) is 0 Å². The first-order valence-electron chi connectivity index (χ1n) is 7.19. The zero-order valence-electron chi connectivity index (χ0n) is 12.5. The van der Waals surface area contributed by atoms with Gasteiger partial charge in [-0.05, 0) is 43.2 Å². The van der Waals surface area contributed by atoms with Gasteiger partial charge in [0.2, 0.25) is 5.91 Å². The first-order valence-corrected chi connectivity index (χ1v) is 7.19. The molecule has 3 atom stereocenters. The highest BCUT2D eigenvalue weighted by Crippen LogP contribution is 2.39. The Morgan fingerprint density at radius 1 is 1.35 bits per heavy atom. The predicted molar refractivity (Wildman–Crippen MR) is 80.7 cm³/mol. The van der Waals surface area contributed by atoms with Crippen LogP contribution in [0.2, 0.25) is 0 Å². The van der Waals surface area contributed by atoms with E-state index in [4.69, 9.17) is 10.5 Å². The molecule has 0 aliphatic heterocycles. The van der Waals surface area contributed by atoms with E-state index >= 15 is 0 Å². The summed E-state index contributed by atoms with van der Waals surface area (Å²) in [6.07, 6.45) is 2.54. The highest BCUT2D eigenvalue weighted by molar-refractivity contribution is 5.88. The molecule has 0 saturated heterocycles. The molecule has 1 aliphatic rings. The van der Waals surface area contributed by atoms with Crippen LogP contribution in [0.3, 0.4) is 0 Å². The Hall–Kier alpha value is -1.71. The van der Waals surface area contributed by atoms with Gasteiger partial charge in [-0.15, -0.1) is 0 Å². The summed E-state index contributed by atoms with van der Waals surface area (Å²) in [4.78, 5) is 12.1. The van der Waals surface area contributed by atoms with Gasteiger partial charge in [0.05, 0.1) is 12.8 Å². The average molecular weight is 276 g/mol. The number of ether oxygens (including phenoxy) is 1. The lowest BCUT2D eigenvalue weighted by Crippen LogP contribution is -2.54. The lowest BCUT2D eigenvalue weighted by Gasteiger charge is -2.41. The molecule has 0 radical (unpaired) electrons. The van der Waals surface area contributed by atoms with Crippen molar-refractivity contribution >= 4 is 11.6 Å². The summed E-state index contributed by atoms with van der Waals surface area (Å²) in [5.41, 5.74) is 5.87. The van der Waals surface area contributed by atoms with Crippen LogP contribution in [-0.2, 0) is 4.79 Å². The molecule has 4 heteroatoms. The molecular formula is C16H24N2O2. The van der Waals surface area contributed by atoms with Gasteiger partial charge in [0.25, 0.3) is 0 Å². The van der Waals surface area contributed by atoms with E-state index in [9.17, 15) is 4.79 Å². The standard InChI is InChI=1S/C16H24N2O2/c1-11-8-9-16(15(17)19,10-12(11)2)18-13-6-4-5-7-14(13)20-3/h4-7,11-12,18H,8-10H2,1-3H3,(H2,17,19). The Bertz CT molecular complexity index is 489. The van der Waals surface area contributed by atoms with E-state index in [-0.39, 0.29) is 5.91 Å². The number of anilines is 1. The molecule has 110 valence electrons. The normalized spacial score (nSPS) is 29.8. The minimum absolute atomic E-state index is 0.276. The smallest absolute Gasteiger partial charge is 0.243 e. The quantitative estimate of drug-likeness (QED) is 0.888. The van der Waals surface area contributed by atoms with Crippen LogP contribution < -0.4 is 15.8 Å². The Morgan fingerprint density at radius 3 is 2.65 bits per heavy atom. The molecule has 1 fully saturated rings. The van der Waals surface area contributed by atoms with Crippen LogP contribution in [0.25, 0.3) is 0 Å². The minimum atomic E-state index is -0.666. The summed E-state index contributed by atoms with van der Waals surface area (Å²) in [5.74, 6) is 1.56. The molecule has 2 rings (SSSR count). The van der Waals surface area contributed by atoms with E-state index in [1.165, 1.54) is 0 Å². The average Bonchev–Trinajstić information content (AvgIpc) is 2.43. The van der Waals surface area contributed by atoms with Gasteiger partial charge >= 0.3 is 0 Å². The van der Waals surface area contributed by atoms with Gasteiger partial charge in [-0.25, -0.2) is 0 Å². The van der Waals surface area contributed by atoms with Gasteiger partial charge in [0, 0.05) is 0 Å². The number of methoxy groups -OCH3 is 1. The van der Waals surface area contributed by atoms with Crippen LogP contribution in [0.4, 0.5) is 5.69 Å². The molecule has 3 N–H and O–H groups in total. The van der Waals surface area contributed by atoms with Crippen molar-refractivity contribution in [3.8, 4) is 5.75 Å². The summed E-state index contributed by atoms with van der Waals surface area (Å²) in [7, 11) is 1.63. The highest BCUT2D eigenvalue weighted by atomic mass is 16.5. The van der Waals surface area contributed by atoms with Crippen LogP contribution in [-0.4, -0.2) is 18.6 Å². The fraction of sp³-hybridized carbons (Fsp3) is 0.562. The van der Waals surface area contributed by atoms with Crippen molar-refractivity contribution in [2.24, 2.45) is 17.6 Å². The van der Waals surface area contributed by atoms with E-state index in [2.05, 4.69) is 19.2 Å². The number of carbonyl (C=O) groups excluding carboxylic acids is 1. The topological polar surface area (TPSA) is 64.3 Å². The third kappa shape index (κ3) is 2.74. The maximum absolute atomic E-state index is 12.1. The van der Waals surface area contributed by atoms with Gasteiger partial charge in [0.1, 0.15) is 11.3 Å². The number of hydrogen-bond donors (Lipinski definition) is 2. The minimum Gasteiger partial charge on any atom is -0.495 e. The van der Waals surface area contributed by atoms with Crippen molar-refractivity contribution in [2.75, 3.05) is 12.4 Å². The molecule has 4 nitrogen and oxygen atoms in total. The van der Waals surface area contributed by atoms with E-state index in [1.807, 2.05) is 24.3 Å². The Labute approximate surface area is 120 Å². The number of carbonyl (C=O) groups is 1. The van der Waals surface area contributed by atoms with Crippen molar-refractivity contribution in [2.45, 2.75) is 38.6 Å². The number of para-hydroxylation sites is 2. The molecule has 0 spiro atoms. The summed E-state index contributed by atoms with van der Waals surface area (Å²) < 4.78 is 5.34. The van der Waals surface area contributed by atoms with E-state index < -0.39 is 5.54 Å². The molecule has 1 saturated carbocycles. The second-order valence-electron chi connectivity index (χ2n) is 5.97. The number of hydrogen-bond acceptors (Lipinski definition) is 3. The molecule has 3 unspecified atom stereocenters. The van der Waals surface area contributed by atoms with Gasteiger partial charge in [-0.1, -0.05) is 26.0 Å². The van der Waals surface area contributed by atoms with Crippen LogP contribution in [0.5, 0.6) is 5.75 Å². The second-order valence-corrected chi connectivity index (χ2v) is 5.97. The highest BCUT2D eigenvalue weighted by Gasteiger charge is 2.42. The number of primary amides is 1. The van der Waals surface area contributed by atoms with Gasteiger partial charge in [0.15, 0.2) is 0 Å². The second kappa shape index (κ2) is 5.73. The van der Waals surface area contributed by atoms with E-state index in [0.717, 1.165) is 30.7 Å². The monoisotopic (exact) mass is 276 g/mol. The summed E-state index contributed by atoms with van der Waals surface area (Å²) in [6, 6.07) is 7.64. The first-order chi connectivity index (χ1) is 9.48. The molecule has 1 aromatic carbocycles. The fourth-order valence-electron chi connectivity index (χ4n) is 3.02. The first kappa shape index (κ1) is 14.7. The van der Waals surface area contributed by atoms with Crippen LogP contribution >= 0.6 is 0 Å². The predicted octanol–water partition coefficient (Wildman–Crippen LogP) is 2.79. The van der Waals surface area contributed by atoms with E-state index in [1.54, 1.807) is 7.11 Å². The van der Waals surface area contributed by atoms with Crippen molar-refractivity contribution in [3.63, 3.8) is 0 Å². The van der Waals surface area contributed by atoms with Gasteiger partial charge in [-0.3, -0.25) is 4.79 Å². The van der Waals surface area contributed by atoms with Crippen molar-refractivity contribution in [3.05, 3.63) is 24.3 Å². The third-order valence-electron chi connectivity index (χ3n) is 4.62. The number of nitrogens with one attached hydrogen (secondary N) is 1. The lowest BCUT2D eigenvalue weighted by molar-refractivity contribution is -0.124. The number of nitrogens with two attached hydrogens (primary N) is 1. The summed E-state index contributed by atoms with van der Waals surface area (Å²) in [5, 5.41) is 3.36. The molecule has 0 heterocycles. The molecule has 1 amide bonds. The van der Waals surface area contributed by atoms with Crippen LogP contribution in [0, 0.1) is 11.8 Å². The largest absolute Gasteiger partial charge is 0.495 e. The van der Waals surface area contributed by atoms with E-state index in [0.29, 0.717) is 11.8 Å². The Balaban J connectivity index is 2.28. The SMILES string of the molecule is COc1ccccc1NC1(C(N)=O)CCC(C)C(C)C1. The lowest BCUT2D eigenvalue weighted by atomic mass is 9.70. The third-order valence-corrected chi connectivity index (χ3v) is 4.62. The molecular weight excluding hydrogens is 252 g/mol. The molecule has 1 aromatic rings. The molecule has 0 bridgehead atoms. The number of amides is 1. The molecule has 20 heavy (non-hydrogen) atoms. The maximum Gasteiger partial charge on any atom is 0.243 e. The number of benzene rings is 1. The van der Waals surface area contributed by atoms with Crippen molar-refractivity contribution in [1.82, 2.24) is 0 Å². The summed E-state index contributed by atoms with van der Waals surface area (Å²) in [6.45, 7) is 4.42. The maximum atomic E-state index is 12.1. The molecule has 1 aliphatic carbocycles. The van der Waals surface area contributed by atoms with Crippen LogP contribution in [0.1, 0.15) is 33.1 Å². The number of rotatable bonds is 4. The molecule has 0 aromatic heterocycles. The van der Waals surface area contributed by atoms with Gasteiger partial charge < -0.3 is 15.8 Å². The summed E-state index contributed by atoms with van der Waals surface area (Å²) >= 11 is 0. The Morgan fingerprint density at radius 2 is 2.05 bits per heavy atom.